The summed E-state index contributed by atoms with van der Waals surface area (Å²) < 4.78 is 24.7. The van der Waals surface area contributed by atoms with Crippen LogP contribution in [-0.4, -0.2) is 51.8 Å². The molecule has 0 radical (unpaired) electrons. The van der Waals surface area contributed by atoms with Crippen molar-refractivity contribution in [2.45, 2.75) is 31.3 Å². The number of halogens is 1. The number of carbonyl (C=O) groups excluding carboxylic acids is 2. The average Bonchev–Trinajstić information content (AvgIpc) is 3.66. The Morgan fingerprint density at radius 3 is 2.63 bits per heavy atom. The molecular formula is C28H27FN4O4S. The molecule has 2 aromatic carbocycles. The van der Waals surface area contributed by atoms with Gasteiger partial charge in [-0.05, 0) is 42.7 Å². The van der Waals surface area contributed by atoms with Crippen LogP contribution < -0.4 is 0 Å². The summed E-state index contributed by atoms with van der Waals surface area (Å²) in [5.41, 5.74) is 2.01. The van der Waals surface area contributed by atoms with Crippen molar-refractivity contribution in [3.05, 3.63) is 106 Å². The Balaban J connectivity index is 1.51. The van der Waals surface area contributed by atoms with Crippen LogP contribution in [0.2, 0.25) is 0 Å². The number of nitrogens with zero attached hydrogens (tertiary/aromatic N) is 3. The number of carbonyl (C=O) groups is 2. The van der Waals surface area contributed by atoms with Crippen molar-refractivity contribution >= 4 is 23.4 Å². The maximum absolute atomic E-state index is 13.9. The first kappa shape index (κ1) is 25.6. The second-order valence-electron chi connectivity index (χ2n) is 9.04. The van der Waals surface area contributed by atoms with Gasteiger partial charge in [0.1, 0.15) is 17.4 Å². The molecule has 38 heavy (non-hydrogen) atoms. The maximum Gasteiger partial charge on any atom is 0.410 e. The number of piperidine rings is 1. The Kier molecular flexibility index (Phi) is 7.50. The van der Waals surface area contributed by atoms with E-state index >= 15 is 0 Å². The van der Waals surface area contributed by atoms with E-state index in [1.54, 1.807) is 35.5 Å². The van der Waals surface area contributed by atoms with Gasteiger partial charge in [0.05, 0.1) is 12.0 Å². The lowest BCUT2D eigenvalue weighted by Gasteiger charge is -2.46. The summed E-state index contributed by atoms with van der Waals surface area (Å²) in [6, 6.07) is 17.6. The molecule has 1 fully saturated rings. The van der Waals surface area contributed by atoms with Crippen LogP contribution in [0.25, 0.3) is 0 Å². The monoisotopic (exact) mass is 534 g/mol. The first-order chi connectivity index (χ1) is 18.5. The quantitative estimate of drug-likeness (QED) is 0.324. The van der Waals surface area contributed by atoms with E-state index in [-0.39, 0.29) is 30.6 Å². The Morgan fingerprint density at radius 1 is 1.13 bits per heavy atom. The summed E-state index contributed by atoms with van der Waals surface area (Å²) in [6.45, 7) is 2.84. The molecule has 1 N–H and O–H groups in total. The van der Waals surface area contributed by atoms with Crippen molar-refractivity contribution in [3.63, 3.8) is 0 Å². The lowest BCUT2D eigenvalue weighted by Crippen LogP contribution is -2.51. The zero-order chi connectivity index (χ0) is 26.5. The molecule has 8 nitrogen and oxygen atoms in total. The molecule has 196 valence electrons. The number of amides is 1. The molecule has 0 bridgehead atoms. The number of ether oxygens (including phenoxy) is 2. The fourth-order valence-electron chi connectivity index (χ4n) is 4.99. The predicted molar refractivity (Wildman–Crippen MR) is 139 cm³/mol. The number of aromatic nitrogens is 3. The number of H-pyrrole nitrogens is 1. The second-order valence-corrected chi connectivity index (χ2v) is 9.90. The van der Waals surface area contributed by atoms with Crippen molar-refractivity contribution in [1.29, 1.82) is 0 Å². The third-order valence-electron chi connectivity index (χ3n) is 6.86. The van der Waals surface area contributed by atoms with Gasteiger partial charge in [-0.2, -0.15) is 5.10 Å². The number of hydrogen-bond donors (Lipinski definition) is 1. The lowest BCUT2D eigenvalue weighted by molar-refractivity contribution is 0.0519. The molecule has 2 aromatic heterocycles. The molecule has 0 spiro atoms. The van der Waals surface area contributed by atoms with E-state index in [2.05, 4.69) is 10.2 Å². The van der Waals surface area contributed by atoms with Gasteiger partial charge >= 0.3 is 12.1 Å². The van der Waals surface area contributed by atoms with Crippen molar-refractivity contribution in [2.75, 3.05) is 19.7 Å². The lowest BCUT2D eigenvalue weighted by atomic mass is 9.65. The van der Waals surface area contributed by atoms with Gasteiger partial charge in [-0.15, -0.1) is 11.3 Å². The molecular weight excluding hydrogens is 507 g/mol. The molecule has 5 rings (SSSR count). The summed E-state index contributed by atoms with van der Waals surface area (Å²) in [5, 5.41) is 9.68. The average molecular weight is 535 g/mol. The molecule has 1 aliphatic rings. The van der Waals surface area contributed by atoms with E-state index < -0.39 is 17.5 Å². The molecule has 1 amide bonds. The number of hydrogen-bond acceptors (Lipinski definition) is 7. The molecule has 2 atom stereocenters. The van der Waals surface area contributed by atoms with Gasteiger partial charge in [0.15, 0.2) is 5.69 Å². The van der Waals surface area contributed by atoms with Gasteiger partial charge in [-0.3, -0.25) is 5.10 Å². The van der Waals surface area contributed by atoms with Crippen molar-refractivity contribution in [3.8, 4) is 0 Å². The van der Waals surface area contributed by atoms with E-state index in [0.717, 1.165) is 16.8 Å². The van der Waals surface area contributed by atoms with Crippen LogP contribution in [0.4, 0.5) is 9.18 Å². The number of aromatic amines is 1. The third-order valence-corrected chi connectivity index (χ3v) is 7.88. The molecule has 0 saturated carbocycles. The van der Waals surface area contributed by atoms with Crippen molar-refractivity contribution in [2.24, 2.45) is 0 Å². The summed E-state index contributed by atoms with van der Waals surface area (Å²) in [4.78, 5) is 32.0. The highest BCUT2D eigenvalue weighted by molar-refractivity contribution is 7.10. The van der Waals surface area contributed by atoms with Crippen LogP contribution in [0.15, 0.2) is 72.2 Å². The first-order valence-electron chi connectivity index (χ1n) is 12.4. The maximum atomic E-state index is 13.9. The van der Waals surface area contributed by atoms with Crippen LogP contribution in [0.3, 0.4) is 0 Å². The summed E-state index contributed by atoms with van der Waals surface area (Å²) >= 11 is 1.36. The number of benzene rings is 2. The van der Waals surface area contributed by atoms with E-state index in [1.165, 1.54) is 23.5 Å². The minimum absolute atomic E-state index is 0.165. The first-order valence-corrected chi connectivity index (χ1v) is 13.2. The van der Waals surface area contributed by atoms with E-state index in [1.807, 2.05) is 36.4 Å². The highest BCUT2D eigenvalue weighted by Gasteiger charge is 2.50. The van der Waals surface area contributed by atoms with Gasteiger partial charge < -0.3 is 14.4 Å². The minimum Gasteiger partial charge on any atom is -0.461 e. The van der Waals surface area contributed by atoms with E-state index in [9.17, 15) is 14.0 Å². The fraction of sp³-hybridized carbons (Fsp3) is 0.286. The summed E-state index contributed by atoms with van der Waals surface area (Å²) in [6.07, 6.45) is 1.72. The van der Waals surface area contributed by atoms with Gasteiger partial charge in [0.2, 0.25) is 0 Å². The molecule has 2 unspecified atom stereocenters. The number of rotatable bonds is 7. The fourth-order valence-corrected chi connectivity index (χ4v) is 6.08. The highest BCUT2D eigenvalue weighted by atomic mass is 32.1. The SMILES string of the molecule is CCOC(=O)c1csc(C2(c3ccn[nH]3)CCN(C(=O)OCc3ccccc3)CC2c2ccc(F)cc2)n1. The number of nitrogens with one attached hydrogen (secondary N) is 1. The Bertz CT molecular complexity index is 1380. The van der Waals surface area contributed by atoms with Gasteiger partial charge in [0, 0.05) is 36.3 Å². The molecule has 4 aromatic rings. The number of thiazole rings is 1. The molecule has 1 saturated heterocycles. The smallest absolute Gasteiger partial charge is 0.410 e. The standard InChI is InChI=1S/C28H27FN4O4S/c1-2-36-25(34)23-18-38-26(31-23)28(24-12-14-30-32-24)13-15-33(16-22(28)20-8-10-21(29)11-9-20)27(35)37-17-19-6-4-3-5-7-19/h3-12,14,18,22H,2,13,15-17H2,1H3,(H,30,32). The number of esters is 1. The Hall–Kier alpha value is -4.05. The van der Waals surface area contributed by atoms with Crippen molar-refractivity contribution < 1.29 is 23.5 Å². The van der Waals surface area contributed by atoms with E-state index in [4.69, 9.17) is 14.5 Å². The Labute approximate surface area is 223 Å². The van der Waals surface area contributed by atoms with Gasteiger partial charge in [-0.25, -0.2) is 19.0 Å². The van der Waals surface area contributed by atoms with E-state index in [0.29, 0.717) is 24.5 Å². The zero-order valence-corrected chi connectivity index (χ0v) is 21.6. The van der Waals surface area contributed by atoms with Crippen LogP contribution in [0.1, 0.15) is 51.6 Å². The zero-order valence-electron chi connectivity index (χ0n) is 20.8. The summed E-state index contributed by atoms with van der Waals surface area (Å²) in [7, 11) is 0. The molecule has 10 heteroatoms. The third kappa shape index (κ3) is 5.04. The van der Waals surface area contributed by atoms with Gasteiger partial charge in [0.25, 0.3) is 0 Å². The van der Waals surface area contributed by atoms with Crippen LogP contribution >= 0.6 is 11.3 Å². The van der Waals surface area contributed by atoms with Gasteiger partial charge in [-0.1, -0.05) is 42.5 Å². The van der Waals surface area contributed by atoms with Crippen LogP contribution in [-0.2, 0) is 21.5 Å². The normalized spacial score (nSPS) is 19.2. The predicted octanol–water partition coefficient (Wildman–Crippen LogP) is 5.29. The molecule has 3 heterocycles. The largest absolute Gasteiger partial charge is 0.461 e. The number of likely N-dealkylation sites (tertiary alicyclic amines) is 1. The minimum atomic E-state index is -0.750. The summed E-state index contributed by atoms with van der Waals surface area (Å²) in [5.74, 6) is -1.17. The van der Waals surface area contributed by atoms with Crippen LogP contribution in [0.5, 0.6) is 0 Å². The topological polar surface area (TPSA) is 97.4 Å². The highest BCUT2D eigenvalue weighted by Crippen LogP contribution is 2.50. The molecule has 0 aliphatic carbocycles. The van der Waals surface area contributed by atoms with Crippen LogP contribution in [0, 0.1) is 5.82 Å². The molecule has 1 aliphatic heterocycles. The second kappa shape index (κ2) is 11.1. The van der Waals surface area contributed by atoms with Crippen molar-refractivity contribution in [1.82, 2.24) is 20.1 Å². The Morgan fingerprint density at radius 2 is 1.92 bits per heavy atom.